The van der Waals surface area contributed by atoms with Crippen molar-refractivity contribution >= 4 is 5.97 Å². The van der Waals surface area contributed by atoms with Crippen LogP contribution < -0.4 is 5.32 Å². The van der Waals surface area contributed by atoms with E-state index in [2.05, 4.69) is 10.1 Å². The van der Waals surface area contributed by atoms with Crippen LogP contribution in [0.4, 0.5) is 0 Å². The Hall–Kier alpha value is -0.870. The molecule has 1 N–H and O–H groups in total. The Morgan fingerprint density at radius 2 is 2.14 bits per heavy atom. The molecule has 0 aliphatic heterocycles. The molecule has 82 valence electrons. The molecular formula is C10H19NO3. The number of hydrogen-bond acceptors (Lipinski definition) is 4. The third kappa shape index (κ3) is 5.72. The van der Waals surface area contributed by atoms with Gasteiger partial charge in [-0.25, -0.2) is 4.79 Å². The second kappa shape index (κ2) is 7.53. The van der Waals surface area contributed by atoms with Gasteiger partial charge in [0.15, 0.2) is 0 Å². The highest BCUT2D eigenvalue weighted by Gasteiger charge is 2.02. The van der Waals surface area contributed by atoms with Crippen molar-refractivity contribution in [2.75, 3.05) is 27.4 Å². The largest absolute Gasteiger partial charge is 0.466 e. The van der Waals surface area contributed by atoms with E-state index < -0.39 is 0 Å². The number of methoxy groups -OCH3 is 2. The van der Waals surface area contributed by atoms with Gasteiger partial charge in [0.25, 0.3) is 0 Å². The summed E-state index contributed by atoms with van der Waals surface area (Å²) in [6.07, 6.45) is 1.80. The van der Waals surface area contributed by atoms with Crippen LogP contribution in [0.2, 0.25) is 0 Å². The van der Waals surface area contributed by atoms with Crippen LogP contribution in [0.5, 0.6) is 0 Å². The zero-order valence-electron chi connectivity index (χ0n) is 9.29. The first-order chi connectivity index (χ1) is 6.61. The SMILES string of the molecule is COCC(C)NC/C=C(/C)C(=O)OC. The standard InChI is InChI=1S/C10H19NO3/c1-8(10(12)14-4)5-6-11-9(2)7-13-3/h5,9,11H,6-7H2,1-4H3/b8-5-. The zero-order chi connectivity index (χ0) is 11.0. The Bertz CT molecular complexity index is 202. The predicted octanol–water partition coefficient (Wildman–Crippen LogP) is 0.730. The van der Waals surface area contributed by atoms with Crippen LogP contribution in [0.3, 0.4) is 0 Å². The molecule has 0 aromatic carbocycles. The van der Waals surface area contributed by atoms with Crippen molar-refractivity contribution < 1.29 is 14.3 Å². The van der Waals surface area contributed by atoms with Gasteiger partial charge in [0.2, 0.25) is 0 Å². The van der Waals surface area contributed by atoms with Gasteiger partial charge >= 0.3 is 5.97 Å². The Morgan fingerprint density at radius 1 is 1.50 bits per heavy atom. The van der Waals surface area contributed by atoms with E-state index >= 15 is 0 Å². The van der Waals surface area contributed by atoms with Crippen LogP contribution in [0.1, 0.15) is 13.8 Å². The van der Waals surface area contributed by atoms with Crippen LogP contribution in [0.15, 0.2) is 11.6 Å². The Balaban J connectivity index is 3.75. The molecule has 0 spiro atoms. The van der Waals surface area contributed by atoms with Crippen molar-refractivity contribution in [2.24, 2.45) is 0 Å². The van der Waals surface area contributed by atoms with E-state index in [-0.39, 0.29) is 12.0 Å². The topological polar surface area (TPSA) is 47.6 Å². The molecule has 0 radical (unpaired) electrons. The number of carbonyl (C=O) groups is 1. The van der Waals surface area contributed by atoms with Crippen LogP contribution >= 0.6 is 0 Å². The fourth-order valence-electron chi connectivity index (χ4n) is 0.966. The van der Waals surface area contributed by atoms with Gasteiger partial charge in [-0.2, -0.15) is 0 Å². The van der Waals surface area contributed by atoms with E-state index in [9.17, 15) is 4.79 Å². The predicted molar refractivity (Wildman–Crippen MR) is 55.1 cm³/mol. The van der Waals surface area contributed by atoms with Gasteiger partial charge in [-0.15, -0.1) is 0 Å². The average molecular weight is 201 g/mol. The Labute approximate surface area is 85.3 Å². The number of hydrogen-bond donors (Lipinski definition) is 1. The summed E-state index contributed by atoms with van der Waals surface area (Å²) >= 11 is 0. The number of ether oxygens (including phenoxy) is 2. The smallest absolute Gasteiger partial charge is 0.333 e. The molecule has 1 atom stereocenters. The number of nitrogens with one attached hydrogen (secondary N) is 1. The lowest BCUT2D eigenvalue weighted by Gasteiger charge is -2.10. The first kappa shape index (κ1) is 13.1. The first-order valence-corrected chi connectivity index (χ1v) is 4.59. The van der Waals surface area contributed by atoms with E-state index in [1.807, 2.05) is 6.92 Å². The van der Waals surface area contributed by atoms with Crippen molar-refractivity contribution in [2.45, 2.75) is 19.9 Å². The molecule has 0 fully saturated rings. The third-order valence-electron chi connectivity index (χ3n) is 1.80. The van der Waals surface area contributed by atoms with E-state index in [1.165, 1.54) is 7.11 Å². The molecule has 0 saturated heterocycles. The van der Waals surface area contributed by atoms with Crippen LogP contribution in [0, 0.1) is 0 Å². The third-order valence-corrected chi connectivity index (χ3v) is 1.80. The summed E-state index contributed by atoms with van der Waals surface area (Å²) in [5, 5.41) is 3.18. The lowest BCUT2D eigenvalue weighted by atomic mass is 10.3. The second-order valence-corrected chi connectivity index (χ2v) is 3.14. The molecule has 0 heterocycles. The fraction of sp³-hybridized carbons (Fsp3) is 0.700. The van der Waals surface area contributed by atoms with Gasteiger partial charge in [-0.05, 0) is 13.8 Å². The molecular weight excluding hydrogens is 182 g/mol. The highest BCUT2D eigenvalue weighted by molar-refractivity contribution is 5.87. The highest BCUT2D eigenvalue weighted by Crippen LogP contribution is 1.94. The molecule has 0 aromatic heterocycles. The lowest BCUT2D eigenvalue weighted by molar-refractivity contribution is -0.136. The van der Waals surface area contributed by atoms with Crippen LogP contribution in [0.25, 0.3) is 0 Å². The minimum Gasteiger partial charge on any atom is -0.466 e. The highest BCUT2D eigenvalue weighted by atomic mass is 16.5. The summed E-state index contributed by atoms with van der Waals surface area (Å²) in [5.41, 5.74) is 0.615. The maximum atomic E-state index is 11.0. The molecule has 4 heteroatoms. The monoisotopic (exact) mass is 201 g/mol. The minimum atomic E-state index is -0.286. The van der Waals surface area contributed by atoms with Gasteiger partial charge in [-0.3, -0.25) is 0 Å². The maximum Gasteiger partial charge on any atom is 0.333 e. The van der Waals surface area contributed by atoms with Gasteiger partial charge in [0, 0.05) is 25.3 Å². The van der Waals surface area contributed by atoms with Crippen molar-refractivity contribution in [1.29, 1.82) is 0 Å². The van der Waals surface area contributed by atoms with Gasteiger partial charge in [0.05, 0.1) is 13.7 Å². The molecule has 0 amide bonds. The maximum absolute atomic E-state index is 11.0. The normalized spacial score (nSPS) is 13.9. The molecule has 14 heavy (non-hydrogen) atoms. The van der Waals surface area contributed by atoms with Crippen LogP contribution in [-0.2, 0) is 14.3 Å². The van der Waals surface area contributed by atoms with E-state index in [0.717, 1.165) is 0 Å². The summed E-state index contributed by atoms with van der Waals surface area (Å²) in [7, 11) is 3.04. The second-order valence-electron chi connectivity index (χ2n) is 3.14. The summed E-state index contributed by atoms with van der Waals surface area (Å²) in [6, 6.07) is 0.279. The molecule has 0 aromatic rings. The summed E-state index contributed by atoms with van der Waals surface area (Å²) in [6.45, 7) is 5.05. The van der Waals surface area contributed by atoms with Gasteiger partial charge in [0.1, 0.15) is 0 Å². The molecule has 0 rings (SSSR count). The van der Waals surface area contributed by atoms with Gasteiger partial charge < -0.3 is 14.8 Å². The number of esters is 1. The molecule has 0 aliphatic rings. The Kier molecular flexibility index (Phi) is 7.06. The van der Waals surface area contributed by atoms with Crippen molar-refractivity contribution in [3.8, 4) is 0 Å². The molecule has 4 nitrogen and oxygen atoms in total. The van der Waals surface area contributed by atoms with Crippen molar-refractivity contribution in [3.63, 3.8) is 0 Å². The molecule has 1 unspecified atom stereocenters. The average Bonchev–Trinajstić information content (AvgIpc) is 2.16. The molecule has 0 aliphatic carbocycles. The summed E-state index contributed by atoms with van der Waals surface area (Å²) < 4.78 is 9.51. The molecule has 0 saturated carbocycles. The Morgan fingerprint density at radius 3 is 2.64 bits per heavy atom. The molecule has 0 bridgehead atoms. The fourth-order valence-corrected chi connectivity index (χ4v) is 0.966. The van der Waals surface area contributed by atoms with E-state index in [1.54, 1.807) is 20.1 Å². The quantitative estimate of drug-likeness (QED) is 0.508. The van der Waals surface area contributed by atoms with Crippen molar-refractivity contribution in [3.05, 3.63) is 11.6 Å². The van der Waals surface area contributed by atoms with Crippen molar-refractivity contribution in [1.82, 2.24) is 5.32 Å². The summed E-state index contributed by atoms with van der Waals surface area (Å²) in [5.74, 6) is -0.286. The van der Waals surface area contributed by atoms with Crippen LogP contribution in [-0.4, -0.2) is 39.4 Å². The number of carbonyl (C=O) groups excluding carboxylic acids is 1. The lowest BCUT2D eigenvalue weighted by Crippen LogP contribution is -2.30. The minimum absolute atomic E-state index is 0.279. The number of rotatable bonds is 6. The first-order valence-electron chi connectivity index (χ1n) is 4.59. The summed E-state index contributed by atoms with van der Waals surface area (Å²) in [4.78, 5) is 11.0. The van der Waals surface area contributed by atoms with E-state index in [0.29, 0.717) is 18.7 Å². The zero-order valence-corrected chi connectivity index (χ0v) is 9.29. The van der Waals surface area contributed by atoms with Gasteiger partial charge in [-0.1, -0.05) is 6.08 Å². The van der Waals surface area contributed by atoms with E-state index in [4.69, 9.17) is 4.74 Å².